The molecule has 0 radical (unpaired) electrons. The molecule has 7 heteroatoms. The monoisotopic (exact) mass is 392 g/mol. The number of hydrogen-bond acceptors (Lipinski definition) is 7. The number of carbonyl (C=O) groups is 1. The molecule has 3 rings (SSSR count). The van der Waals surface area contributed by atoms with Crippen molar-refractivity contribution in [3.63, 3.8) is 0 Å². The summed E-state index contributed by atoms with van der Waals surface area (Å²) < 4.78 is 10.8. The highest BCUT2D eigenvalue weighted by molar-refractivity contribution is 5.96. The minimum atomic E-state index is -0.384. The largest absolute Gasteiger partial charge is 0.492 e. The third-order valence-corrected chi connectivity index (χ3v) is 3.97. The SMILES string of the molecule is CCOC(=O)c1ccccc1Nc1cc(C)nc(Nc2ccccc2OCC)n1. The Bertz CT molecular complexity index is 991. The van der Waals surface area contributed by atoms with E-state index in [0.29, 0.717) is 36.2 Å². The van der Waals surface area contributed by atoms with Gasteiger partial charge < -0.3 is 20.1 Å². The van der Waals surface area contributed by atoms with Gasteiger partial charge in [-0.05, 0) is 45.0 Å². The lowest BCUT2D eigenvalue weighted by Crippen LogP contribution is -2.09. The lowest BCUT2D eigenvalue weighted by atomic mass is 10.2. The lowest BCUT2D eigenvalue weighted by Gasteiger charge is -2.14. The van der Waals surface area contributed by atoms with Gasteiger partial charge in [0.15, 0.2) is 0 Å². The van der Waals surface area contributed by atoms with Gasteiger partial charge in [-0.1, -0.05) is 24.3 Å². The topological polar surface area (TPSA) is 85.4 Å². The summed E-state index contributed by atoms with van der Waals surface area (Å²) in [5.74, 6) is 1.33. The molecule has 0 unspecified atom stereocenters. The van der Waals surface area contributed by atoms with Crippen LogP contribution in [0.25, 0.3) is 0 Å². The maximum atomic E-state index is 12.2. The van der Waals surface area contributed by atoms with Crippen molar-refractivity contribution in [2.24, 2.45) is 0 Å². The number of nitrogens with zero attached hydrogens (tertiary/aromatic N) is 2. The van der Waals surface area contributed by atoms with Crippen molar-refractivity contribution in [3.8, 4) is 5.75 Å². The summed E-state index contributed by atoms with van der Waals surface area (Å²) in [5.41, 5.74) is 2.61. The first-order valence-electron chi connectivity index (χ1n) is 9.48. The quantitative estimate of drug-likeness (QED) is 0.530. The fourth-order valence-corrected chi connectivity index (χ4v) is 2.78. The van der Waals surface area contributed by atoms with E-state index in [1.165, 1.54) is 0 Å². The van der Waals surface area contributed by atoms with Crippen molar-refractivity contribution in [2.75, 3.05) is 23.8 Å². The van der Waals surface area contributed by atoms with E-state index in [1.807, 2.05) is 50.2 Å². The lowest BCUT2D eigenvalue weighted by molar-refractivity contribution is 0.0527. The summed E-state index contributed by atoms with van der Waals surface area (Å²) in [6.07, 6.45) is 0. The number of aromatic nitrogens is 2. The van der Waals surface area contributed by atoms with Gasteiger partial charge in [-0.25, -0.2) is 9.78 Å². The minimum absolute atomic E-state index is 0.313. The summed E-state index contributed by atoms with van der Waals surface area (Å²) in [4.78, 5) is 21.2. The summed E-state index contributed by atoms with van der Waals surface area (Å²) >= 11 is 0. The standard InChI is InChI=1S/C22H24N4O3/c1-4-28-19-13-9-8-12-18(19)25-22-23-15(3)14-20(26-22)24-17-11-7-6-10-16(17)21(27)29-5-2/h6-14H,4-5H2,1-3H3,(H2,23,24,25,26). The first-order valence-corrected chi connectivity index (χ1v) is 9.48. The molecule has 0 saturated heterocycles. The summed E-state index contributed by atoms with van der Waals surface area (Å²) in [5, 5.41) is 6.40. The average molecular weight is 392 g/mol. The van der Waals surface area contributed by atoms with Crippen LogP contribution >= 0.6 is 0 Å². The van der Waals surface area contributed by atoms with E-state index in [9.17, 15) is 4.79 Å². The minimum Gasteiger partial charge on any atom is -0.492 e. The zero-order valence-corrected chi connectivity index (χ0v) is 16.7. The third-order valence-electron chi connectivity index (χ3n) is 3.97. The van der Waals surface area contributed by atoms with Gasteiger partial charge in [-0.15, -0.1) is 0 Å². The average Bonchev–Trinajstić information content (AvgIpc) is 2.70. The smallest absolute Gasteiger partial charge is 0.340 e. The molecule has 0 fully saturated rings. The Balaban J connectivity index is 1.87. The van der Waals surface area contributed by atoms with Crippen LogP contribution < -0.4 is 15.4 Å². The van der Waals surface area contributed by atoms with Gasteiger partial charge in [0.25, 0.3) is 0 Å². The highest BCUT2D eigenvalue weighted by Crippen LogP contribution is 2.27. The fourth-order valence-electron chi connectivity index (χ4n) is 2.78. The summed E-state index contributed by atoms with van der Waals surface area (Å²) in [6.45, 7) is 6.46. The number of aryl methyl sites for hydroxylation is 1. The molecule has 150 valence electrons. The van der Waals surface area contributed by atoms with Gasteiger partial charge in [0.05, 0.1) is 30.2 Å². The van der Waals surface area contributed by atoms with Crippen molar-refractivity contribution in [3.05, 3.63) is 65.9 Å². The molecule has 2 N–H and O–H groups in total. The molecule has 1 heterocycles. The van der Waals surface area contributed by atoms with Crippen LogP contribution in [0.4, 0.5) is 23.1 Å². The molecule has 0 bridgehead atoms. The molecular formula is C22H24N4O3. The fraction of sp³-hybridized carbons (Fsp3) is 0.227. The van der Waals surface area contributed by atoms with Crippen LogP contribution in [-0.4, -0.2) is 29.2 Å². The van der Waals surface area contributed by atoms with E-state index in [1.54, 1.807) is 25.1 Å². The second kappa shape index (κ2) is 9.54. The Kier molecular flexibility index (Phi) is 6.63. The van der Waals surface area contributed by atoms with Gasteiger partial charge >= 0.3 is 5.97 Å². The van der Waals surface area contributed by atoms with Gasteiger partial charge in [0.2, 0.25) is 5.95 Å². The Morgan fingerprint density at radius 1 is 0.931 bits per heavy atom. The molecule has 2 aromatic carbocycles. The highest BCUT2D eigenvalue weighted by atomic mass is 16.5. The molecule has 0 atom stereocenters. The number of carbonyl (C=O) groups excluding carboxylic acids is 1. The summed E-state index contributed by atoms with van der Waals surface area (Å²) in [7, 11) is 0. The first kappa shape index (κ1) is 20.1. The van der Waals surface area contributed by atoms with Gasteiger partial charge in [0.1, 0.15) is 11.6 Å². The zero-order chi connectivity index (χ0) is 20.6. The zero-order valence-electron chi connectivity index (χ0n) is 16.7. The Hall–Kier alpha value is -3.61. The second-order valence-corrected chi connectivity index (χ2v) is 6.16. The molecule has 0 amide bonds. The molecule has 0 spiro atoms. The van der Waals surface area contributed by atoms with Crippen LogP contribution in [0.1, 0.15) is 29.9 Å². The molecular weight excluding hydrogens is 368 g/mol. The molecule has 0 aliphatic carbocycles. The van der Waals surface area contributed by atoms with Crippen LogP contribution in [0.15, 0.2) is 54.6 Å². The van der Waals surface area contributed by atoms with E-state index < -0.39 is 0 Å². The van der Waals surface area contributed by atoms with E-state index in [-0.39, 0.29) is 5.97 Å². The van der Waals surface area contributed by atoms with E-state index in [2.05, 4.69) is 20.6 Å². The van der Waals surface area contributed by atoms with Crippen LogP contribution in [0.2, 0.25) is 0 Å². The van der Waals surface area contributed by atoms with Gasteiger partial charge in [-0.3, -0.25) is 0 Å². The molecule has 7 nitrogen and oxygen atoms in total. The maximum absolute atomic E-state index is 12.2. The van der Waals surface area contributed by atoms with Crippen LogP contribution in [0, 0.1) is 6.92 Å². The number of esters is 1. The van der Waals surface area contributed by atoms with Crippen molar-refractivity contribution < 1.29 is 14.3 Å². The number of ether oxygens (including phenoxy) is 2. The normalized spacial score (nSPS) is 10.3. The Morgan fingerprint density at radius 2 is 1.66 bits per heavy atom. The number of benzene rings is 2. The number of rotatable bonds is 8. The van der Waals surface area contributed by atoms with Crippen molar-refractivity contribution in [2.45, 2.75) is 20.8 Å². The van der Waals surface area contributed by atoms with E-state index >= 15 is 0 Å². The Morgan fingerprint density at radius 3 is 2.41 bits per heavy atom. The Labute approximate surface area is 170 Å². The molecule has 0 aliphatic rings. The predicted octanol–water partition coefficient (Wildman–Crippen LogP) is 4.85. The van der Waals surface area contributed by atoms with Crippen molar-refractivity contribution >= 4 is 29.1 Å². The molecule has 0 aliphatic heterocycles. The van der Waals surface area contributed by atoms with Crippen molar-refractivity contribution in [1.82, 2.24) is 9.97 Å². The van der Waals surface area contributed by atoms with Crippen LogP contribution in [0.3, 0.4) is 0 Å². The predicted molar refractivity (Wildman–Crippen MR) is 113 cm³/mol. The van der Waals surface area contributed by atoms with E-state index in [0.717, 1.165) is 17.1 Å². The highest BCUT2D eigenvalue weighted by Gasteiger charge is 2.13. The molecule has 29 heavy (non-hydrogen) atoms. The van der Waals surface area contributed by atoms with E-state index in [4.69, 9.17) is 9.47 Å². The molecule has 3 aromatic rings. The van der Waals surface area contributed by atoms with Crippen LogP contribution in [0.5, 0.6) is 5.75 Å². The summed E-state index contributed by atoms with van der Waals surface area (Å²) in [6, 6.07) is 16.6. The number of para-hydroxylation sites is 3. The van der Waals surface area contributed by atoms with Crippen LogP contribution in [-0.2, 0) is 4.74 Å². The third kappa shape index (κ3) is 5.22. The van der Waals surface area contributed by atoms with Gasteiger partial charge in [0, 0.05) is 11.8 Å². The first-order chi connectivity index (χ1) is 14.1. The molecule has 1 aromatic heterocycles. The number of anilines is 4. The second-order valence-electron chi connectivity index (χ2n) is 6.16. The maximum Gasteiger partial charge on any atom is 0.340 e. The van der Waals surface area contributed by atoms with Crippen molar-refractivity contribution in [1.29, 1.82) is 0 Å². The van der Waals surface area contributed by atoms with Gasteiger partial charge in [-0.2, -0.15) is 4.98 Å². The number of hydrogen-bond donors (Lipinski definition) is 2. The number of nitrogens with one attached hydrogen (secondary N) is 2. The molecule has 0 saturated carbocycles.